The second-order valence-corrected chi connectivity index (χ2v) is 6.40. The van der Waals surface area contributed by atoms with Crippen LogP contribution in [0, 0.1) is 5.92 Å². The molecule has 0 fully saturated rings. The van der Waals surface area contributed by atoms with Crippen LogP contribution in [-0.2, 0) is 25.6 Å². The van der Waals surface area contributed by atoms with Gasteiger partial charge in [0.25, 0.3) is 0 Å². The molecule has 1 aromatic carbocycles. The van der Waals surface area contributed by atoms with Gasteiger partial charge in [-0.05, 0) is 24.3 Å². The van der Waals surface area contributed by atoms with Crippen LogP contribution in [0.1, 0.15) is 25.8 Å². The molecule has 0 saturated heterocycles. The van der Waals surface area contributed by atoms with Crippen LogP contribution in [0.5, 0.6) is 0 Å². The topological polar surface area (TPSA) is 253 Å². The molecule has 0 aliphatic heterocycles. The highest BCUT2D eigenvalue weighted by Crippen LogP contribution is 2.02. The Labute approximate surface area is 180 Å². The molecule has 0 saturated carbocycles. The van der Waals surface area contributed by atoms with Gasteiger partial charge in [-0.25, -0.2) is 0 Å². The lowest BCUT2D eigenvalue weighted by Crippen LogP contribution is -2.32. The van der Waals surface area contributed by atoms with Crippen molar-refractivity contribution >= 4 is 23.9 Å². The van der Waals surface area contributed by atoms with Crippen molar-refractivity contribution < 1.29 is 39.6 Å². The van der Waals surface area contributed by atoms with Crippen LogP contribution in [0.15, 0.2) is 30.3 Å². The summed E-state index contributed by atoms with van der Waals surface area (Å²) in [6.07, 6.45) is 0.936. The summed E-state index contributed by atoms with van der Waals surface area (Å²) in [6, 6.07) is 7.85. The third kappa shape index (κ3) is 26.9. The number of aliphatic carboxylic acids is 4. The van der Waals surface area contributed by atoms with Gasteiger partial charge < -0.3 is 43.4 Å². The molecule has 0 amide bonds. The fraction of sp³-hybridized carbons (Fsp3) is 0.474. The quantitative estimate of drug-likeness (QED) is 0.243. The summed E-state index contributed by atoms with van der Waals surface area (Å²) >= 11 is 0. The maximum absolute atomic E-state index is 10.4. The largest absolute Gasteiger partial charge is 0.480 e. The Morgan fingerprint density at radius 3 is 1.35 bits per heavy atom. The fourth-order valence-corrected chi connectivity index (χ4v) is 1.56. The van der Waals surface area contributed by atoms with Gasteiger partial charge >= 0.3 is 23.9 Å². The lowest BCUT2D eigenvalue weighted by molar-refractivity contribution is -0.139. The fourth-order valence-electron chi connectivity index (χ4n) is 1.56. The van der Waals surface area contributed by atoms with Gasteiger partial charge in [-0.3, -0.25) is 19.2 Å². The number of hydrogen-bond donors (Lipinski definition) is 8. The number of carbonyl (C=O) groups is 4. The van der Waals surface area contributed by atoms with Crippen molar-refractivity contribution in [2.24, 2.45) is 28.9 Å². The molecule has 0 aliphatic rings. The van der Waals surface area contributed by atoms with Crippen molar-refractivity contribution in [2.75, 3.05) is 13.1 Å². The number of nitrogens with two attached hydrogens (primary N) is 4. The number of rotatable bonds is 8. The number of carboxylic acid groups (broad SMARTS) is 4. The molecule has 0 spiro atoms. The molecule has 0 heterocycles. The SMILES string of the molecule is CC(C)CC(N)C(=O)O.NC(Cc1ccccc1)C(=O)O.NCC(=O)O.NCC(=O)O. The molecule has 1 aromatic rings. The van der Waals surface area contributed by atoms with E-state index in [1.54, 1.807) is 0 Å². The van der Waals surface area contributed by atoms with Gasteiger partial charge in [0, 0.05) is 0 Å². The molecule has 2 atom stereocenters. The zero-order valence-corrected chi connectivity index (χ0v) is 17.7. The van der Waals surface area contributed by atoms with E-state index in [0.29, 0.717) is 18.8 Å². The monoisotopic (exact) mass is 446 g/mol. The molecule has 12 heteroatoms. The van der Waals surface area contributed by atoms with E-state index in [9.17, 15) is 19.2 Å². The standard InChI is InChI=1S/C9H11NO2.C6H13NO2.2C2H5NO2/c10-8(9(11)12)6-7-4-2-1-3-5-7;1-4(2)3-5(7)6(8)9;2*3-1-2(4)5/h1-5,8H,6,10H2,(H,11,12);4-5H,3,7H2,1-2H3,(H,8,9);2*1,3H2,(H,4,5). The highest BCUT2D eigenvalue weighted by Gasteiger charge is 2.12. The Morgan fingerprint density at radius 2 is 1.13 bits per heavy atom. The van der Waals surface area contributed by atoms with Crippen LogP contribution in [0.25, 0.3) is 0 Å². The third-order valence-electron chi connectivity index (χ3n) is 3.01. The smallest absolute Gasteiger partial charge is 0.320 e. The Morgan fingerprint density at radius 1 is 0.774 bits per heavy atom. The summed E-state index contributed by atoms with van der Waals surface area (Å²) in [5.74, 6) is -3.45. The van der Waals surface area contributed by atoms with Crippen LogP contribution < -0.4 is 22.9 Å². The van der Waals surface area contributed by atoms with Crippen LogP contribution in [0.2, 0.25) is 0 Å². The predicted molar refractivity (Wildman–Crippen MR) is 114 cm³/mol. The van der Waals surface area contributed by atoms with E-state index in [-0.39, 0.29) is 13.1 Å². The zero-order valence-electron chi connectivity index (χ0n) is 17.7. The molecule has 31 heavy (non-hydrogen) atoms. The first-order valence-electron chi connectivity index (χ1n) is 9.12. The van der Waals surface area contributed by atoms with Crippen LogP contribution in [0.3, 0.4) is 0 Å². The van der Waals surface area contributed by atoms with Crippen molar-refractivity contribution in [2.45, 2.75) is 38.8 Å². The number of carboxylic acids is 4. The summed E-state index contributed by atoms with van der Waals surface area (Å²) in [6.45, 7) is 3.34. The van der Waals surface area contributed by atoms with E-state index in [1.807, 2.05) is 44.2 Å². The van der Waals surface area contributed by atoms with Gasteiger partial charge in [0.1, 0.15) is 12.1 Å². The van der Waals surface area contributed by atoms with Crippen LogP contribution in [-0.4, -0.2) is 69.5 Å². The van der Waals surface area contributed by atoms with Gasteiger partial charge in [-0.15, -0.1) is 0 Å². The van der Waals surface area contributed by atoms with Crippen molar-refractivity contribution in [3.63, 3.8) is 0 Å². The summed E-state index contributed by atoms with van der Waals surface area (Å²) in [4.78, 5) is 39.0. The predicted octanol–water partition coefficient (Wildman–Crippen LogP) is -0.855. The highest BCUT2D eigenvalue weighted by molar-refractivity contribution is 5.73. The number of benzene rings is 1. The molecule has 12 N–H and O–H groups in total. The average molecular weight is 447 g/mol. The van der Waals surface area contributed by atoms with E-state index in [2.05, 4.69) is 11.5 Å². The first-order valence-corrected chi connectivity index (χ1v) is 9.12. The van der Waals surface area contributed by atoms with Crippen molar-refractivity contribution in [3.05, 3.63) is 35.9 Å². The summed E-state index contributed by atoms with van der Waals surface area (Å²) < 4.78 is 0. The van der Waals surface area contributed by atoms with E-state index < -0.39 is 36.0 Å². The van der Waals surface area contributed by atoms with Gasteiger partial charge in [0.2, 0.25) is 0 Å². The molecular weight excluding hydrogens is 412 g/mol. The molecule has 0 radical (unpaired) electrons. The molecule has 2 unspecified atom stereocenters. The second kappa shape index (κ2) is 20.2. The van der Waals surface area contributed by atoms with Crippen molar-refractivity contribution in [3.8, 4) is 0 Å². The maximum Gasteiger partial charge on any atom is 0.320 e. The molecule has 178 valence electrons. The Balaban J connectivity index is -0.000000365. The molecule has 0 bridgehead atoms. The van der Waals surface area contributed by atoms with E-state index >= 15 is 0 Å². The first kappa shape index (κ1) is 32.6. The van der Waals surface area contributed by atoms with Gasteiger partial charge in [0.05, 0.1) is 13.1 Å². The van der Waals surface area contributed by atoms with Gasteiger partial charge in [-0.1, -0.05) is 44.2 Å². The minimum Gasteiger partial charge on any atom is -0.480 e. The minimum absolute atomic E-state index is 0.278. The van der Waals surface area contributed by atoms with Gasteiger partial charge in [-0.2, -0.15) is 0 Å². The Kier molecular flexibility index (Phi) is 21.3. The molecular formula is C19H34N4O8. The number of hydrogen-bond acceptors (Lipinski definition) is 8. The summed E-state index contributed by atoms with van der Waals surface area (Å²) in [5.41, 5.74) is 20.7. The Bertz CT molecular complexity index is 627. The van der Waals surface area contributed by atoms with Gasteiger partial charge in [0.15, 0.2) is 0 Å². The summed E-state index contributed by atoms with van der Waals surface area (Å²) in [7, 11) is 0. The maximum atomic E-state index is 10.4. The molecule has 12 nitrogen and oxygen atoms in total. The lowest BCUT2D eigenvalue weighted by Gasteiger charge is -2.07. The molecule has 0 aromatic heterocycles. The van der Waals surface area contributed by atoms with E-state index in [4.69, 9.17) is 31.9 Å². The highest BCUT2D eigenvalue weighted by atomic mass is 16.4. The Hall–Kier alpha value is -3.06. The third-order valence-corrected chi connectivity index (χ3v) is 3.01. The normalized spacial score (nSPS) is 11.2. The molecule has 1 rings (SSSR count). The van der Waals surface area contributed by atoms with E-state index in [1.165, 1.54) is 0 Å². The molecule has 0 aliphatic carbocycles. The lowest BCUT2D eigenvalue weighted by atomic mass is 10.1. The zero-order chi connectivity index (χ0) is 25.0. The van der Waals surface area contributed by atoms with E-state index in [0.717, 1.165) is 5.56 Å². The van der Waals surface area contributed by atoms with Crippen LogP contribution >= 0.6 is 0 Å². The first-order chi connectivity index (χ1) is 14.3. The van der Waals surface area contributed by atoms with Crippen molar-refractivity contribution in [1.29, 1.82) is 0 Å². The van der Waals surface area contributed by atoms with Crippen molar-refractivity contribution in [1.82, 2.24) is 0 Å². The summed E-state index contributed by atoms with van der Waals surface area (Å²) in [5, 5.41) is 32.0. The second-order valence-electron chi connectivity index (χ2n) is 6.40. The van der Waals surface area contributed by atoms with Crippen LogP contribution in [0.4, 0.5) is 0 Å². The average Bonchev–Trinajstić information content (AvgIpc) is 2.69. The minimum atomic E-state index is -0.968.